The normalized spacial score (nSPS) is 19.6. The standard InChI is InChI=1S/C28H26ClN9O6/c1-14-10-20(38-13-31-21-22(30)32-27(29)33-23(21)38)44-19(14)12-43-28(26(41)42,25-34-36-37-35-25)11-15-6-8-16(9-7-15)17-4-2-3-5-18(17)24(39)40/h2-9,13-14,19-20H,10-12H2,1H3,(H,39,40)(H,41,42)(H2,30,32,33)(H,34,35,36,37). The number of nitrogens with one attached hydrogen (secondary N) is 1. The maximum absolute atomic E-state index is 12.9. The van der Waals surface area contributed by atoms with Crippen molar-refractivity contribution in [2.24, 2.45) is 5.92 Å². The molecule has 3 aromatic heterocycles. The van der Waals surface area contributed by atoms with Crippen molar-refractivity contribution in [1.82, 2.24) is 40.1 Å². The zero-order valence-corrected chi connectivity index (χ0v) is 23.9. The van der Waals surface area contributed by atoms with Crippen molar-refractivity contribution in [1.29, 1.82) is 0 Å². The lowest BCUT2D eigenvalue weighted by Gasteiger charge is -2.29. The zero-order valence-electron chi connectivity index (χ0n) is 23.2. The molecule has 0 amide bonds. The van der Waals surface area contributed by atoms with E-state index in [-0.39, 0.29) is 41.4 Å². The molecule has 2 aromatic carbocycles. The van der Waals surface area contributed by atoms with Gasteiger partial charge in [0.25, 0.3) is 0 Å². The SMILES string of the molecule is CC1CC(n2cnc3c(N)nc(Cl)nc32)OC1COC(Cc1ccc(-c2ccccc2C(=O)O)cc1)(C(=O)O)c1nn[nH]n1. The van der Waals surface area contributed by atoms with Crippen LogP contribution in [0.4, 0.5) is 5.82 Å². The van der Waals surface area contributed by atoms with Crippen LogP contribution in [0.5, 0.6) is 0 Å². The van der Waals surface area contributed by atoms with Crippen LogP contribution in [0, 0.1) is 5.92 Å². The van der Waals surface area contributed by atoms with Crippen LogP contribution in [0.1, 0.15) is 41.3 Å². The van der Waals surface area contributed by atoms with Gasteiger partial charge in [0.05, 0.1) is 24.6 Å². The number of carboxylic acid groups (broad SMARTS) is 2. The Kier molecular flexibility index (Phi) is 7.67. The molecule has 0 aliphatic carbocycles. The number of nitrogens with two attached hydrogens (primary N) is 1. The van der Waals surface area contributed by atoms with E-state index in [4.69, 9.17) is 26.8 Å². The predicted molar refractivity (Wildman–Crippen MR) is 154 cm³/mol. The summed E-state index contributed by atoms with van der Waals surface area (Å²) in [6.07, 6.45) is 0.968. The number of aromatic carboxylic acids is 1. The summed E-state index contributed by atoms with van der Waals surface area (Å²) >= 11 is 6.02. The van der Waals surface area contributed by atoms with Gasteiger partial charge in [-0.3, -0.25) is 4.57 Å². The Morgan fingerprint density at radius 1 is 1.18 bits per heavy atom. The Hall–Kier alpha value is -4.99. The van der Waals surface area contributed by atoms with E-state index in [2.05, 4.69) is 35.6 Å². The quantitative estimate of drug-likeness (QED) is 0.165. The Morgan fingerprint density at radius 2 is 1.95 bits per heavy atom. The molecule has 0 saturated carbocycles. The van der Waals surface area contributed by atoms with E-state index in [0.29, 0.717) is 34.3 Å². The van der Waals surface area contributed by atoms with Crippen LogP contribution < -0.4 is 5.73 Å². The molecule has 1 aliphatic rings. The van der Waals surface area contributed by atoms with Crippen LogP contribution in [0.3, 0.4) is 0 Å². The van der Waals surface area contributed by atoms with Crippen LogP contribution in [0.2, 0.25) is 5.28 Å². The highest BCUT2D eigenvalue weighted by molar-refractivity contribution is 6.28. The molecule has 15 nitrogen and oxygen atoms in total. The Labute approximate surface area is 254 Å². The minimum absolute atomic E-state index is 0.0202. The highest BCUT2D eigenvalue weighted by atomic mass is 35.5. The van der Waals surface area contributed by atoms with Crippen molar-refractivity contribution >= 4 is 40.5 Å². The molecule has 1 saturated heterocycles. The number of aliphatic carboxylic acids is 1. The number of halogens is 1. The summed E-state index contributed by atoms with van der Waals surface area (Å²) in [6.45, 7) is 1.86. The second kappa shape index (κ2) is 11.6. The number of rotatable bonds is 10. The first-order valence-corrected chi connectivity index (χ1v) is 13.9. The van der Waals surface area contributed by atoms with E-state index in [9.17, 15) is 19.8 Å². The summed E-state index contributed by atoms with van der Waals surface area (Å²) in [5.41, 5.74) is 6.69. The van der Waals surface area contributed by atoms with Gasteiger partial charge in [-0.05, 0) is 46.7 Å². The number of benzene rings is 2. The van der Waals surface area contributed by atoms with Gasteiger partial charge < -0.3 is 25.4 Å². The molecule has 4 unspecified atom stereocenters. The highest BCUT2D eigenvalue weighted by Gasteiger charge is 2.48. The van der Waals surface area contributed by atoms with Crippen molar-refractivity contribution < 1.29 is 29.3 Å². The number of ether oxygens (including phenoxy) is 2. The maximum atomic E-state index is 12.9. The average Bonchev–Trinajstić information content (AvgIpc) is 3.76. The molecule has 1 aliphatic heterocycles. The van der Waals surface area contributed by atoms with Gasteiger partial charge in [0.2, 0.25) is 16.7 Å². The minimum Gasteiger partial charge on any atom is -0.479 e. The van der Waals surface area contributed by atoms with Crippen molar-refractivity contribution in [2.75, 3.05) is 12.3 Å². The number of imidazole rings is 1. The minimum atomic E-state index is -2.01. The number of aromatic nitrogens is 8. The third kappa shape index (κ3) is 5.32. The molecular formula is C28H26ClN9O6. The first-order chi connectivity index (χ1) is 21.2. The van der Waals surface area contributed by atoms with Gasteiger partial charge in [-0.2, -0.15) is 15.2 Å². The molecule has 4 atom stereocenters. The topological polar surface area (TPSA) is 217 Å². The lowest BCUT2D eigenvalue weighted by Crippen LogP contribution is -2.44. The van der Waals surface area contributed by atoms with Crippen molar-refractivity contribution in [3.05, 3.63) is 77.1 Å². The number of tetrazole rings is 1. The number of nitrogen functional groups attached to an aromatic ring is 1. The van der Waals surface area contributed by atoms with Gasteiger partial charge in [-0.15, -0.1) is 10.2 Å². The van der Waals surface area contributed by atoms with Crippen LogP contribution in [0.15, 0.2) is 54.9 Å². The number of carboxylic acids is 2. The smallest absolute Gasteiger partial charge is 0.344 e. The van der Waals surface area contributed by atoms with E-state index < -0.39 is 29.9 Å². The maximum Gasteiger partial charge on any atom is 0.344 e. The predicted octanol–water partition coefficient (Wildman–Crippen LogP) is 3.10. The summed E-state index contributed by atoms with van der Waals surface area (Å²) in [5.74, 6) is -2.42. The largest absolute Gasteiger partial charge is 0.479 e. The van der Waals surface area contributed by atoms with Crippen LogP contribution in [-0.2, 0) is 26.3 Å². The second-order valence-corrected chi connectivity index (χ2v) is 10.8. The molecule has 16 heteroatoms. The number of carbonyl (C=O) groups is 2. The van der Waals surface area contributed by atoms with Crippen molar-refractivity contribution in [3.63, 3.8) is 0 Å². The number of aromatic amines is 1. The van der Waals surface area contributed by atoms with E-state index in [1.165, 1.54) is 6.07 Å². The Bertz CT molecular complexity index is 1830. The molecule has 1 fully saturated rings. The summed E-state index contributed by atoms with van der Waals surface area (Å²) < 4.78 is 14.2. The monoisotopic (exact) mass is 619 g/mol. The second-order valence-electron chi connectivity index (χ2n) is 10.4. The molecule has 0 spiro atoms. The van der Waals surface area contributed by atoms with Gasteiger partial charge in [0.15, 0.2) is 11.5 Å². The Balaban J connectivity index is 1.24. The first kappa shape index (κ1) is 29.1. The summed E-state index contributed by atoms with van der Waals surface area (Å²) in [5, 5.41) is 33.8. The fourth-order valence-corrected chi connectivity index (χ4v) is 5.53. The van der Waals surface area contributed by atoms with E-state index >= 15 is 0 Å². The lowest BCUT2D eigenvalue weighted by atomic mass is 9.91. The van der Waals surface area contributed by atoms with Crippen molar-refractivity contribution in [3.8, 4) is 11.1 Å². The van der Waals surface area contributed by atoms with Crippen LogP contribution in [-0.4, -0.2) is 75.0 Å². The number of nitrogens with zero attached hydrogens (tertiary/aromatic N) is 7. The molecule has 0 bridgehead atoms. The molecule has 0 radical (unpaired) electrons. The summed E-state index contributed by atoms with van der Waals surface area (Å²) in [7, 11) is 0. The molecular weight excluding hydrogens is 594 g/mol. The van der Waals surface area contributed by atoms with Crippen LogP contribution in [0.25, 0.3) is 22.3 Å². The van der Waals surface area contributed by atoms with Gasteiger partial charge in [0.1, 0.15) is 11.7 Å². The van der Waals surface area contributed by atoms with Gasteiger partial charge >= 0.3 is 11.9 Å². The average molecular weight is 620 g/mol. The molecule has 5 N–H and O–H groups in total. The number of H-pyrrole nitrogens is 1. The first-order valence-electron chi connectivity index (χ1n) is 13.5. The fourth-order valence-electron chi connectivity index (χ4n) is 5.36. The molecule has 44 heavy (non-hydrogen) atoms. The third-order valence-corrected chi connectivity index (χ3v) is 7.86. The van der Waals surface area contributed by atoms with E-state index in [0.717, 1.165) is 0 Å². The van der Waals surface area contributed by atoms with Gasteiger partial charge in [0, 0.05) is 6.42 Å². The number of anilines is 1. The number of hydrogen-bond donors (Lipinski definition) is 4. The molecule has 226 valence electrons. The molecule has 5 aromatic rings. The fraction of sp³-hybridized carbons (Fsp3) is 0.286. The lowest BCUT2D eigenvalue weighted by molar-refractivity contribution is -0.176. The number of fused-ring (bicyclic) bond motifs is 1. The molecule has 6 rings (SSSR count). The zero-order chi connectivity index (χ0) is 31.0. The highest BCUT2D eigenvalue weighted by Crippen LogP contribution is 2.37. The van der Waals surface area contributed by atoms with Gasteiger partial charge in [-0.1, -0.05) is 54.6 Å². The van der Waals surface area contributed by atoms with Crippen molar-refractivity contribution in [2.45, 2.75) is 37.7 Å². The van der Waals surface area contributed by atoms with Gasteiger partial charge in [-0.25, -0.2) is 14.6 Å². The third-order valence-electron chi connectivity index (χ3n) is 7.69. The number of hydrogen-bond acceptors (Lipinski definition) is 11. The molecule has 4 heterocycles. The Morgan fingerprint density at radius 3 is 2.66 bits per heavy atom. The van der Waals surface area contributed by atoms with Crippen LogP contribution >= 0.6 is 11.6 Å². The summed E-state index contributed by atoms with van der Waals surface area (Å²) in [4.78, 5) is 37.0. The van der Waals surface area contributed by atoms with E-state index in [1.54, 1.807) is 53.4 Å². The summed E-state index contributed by atoms with van der Waals surface area (Å²) in [6, 6.07) is 13.5. The van der Waals surface area contributed by atoms with E-state index in [1.807, 2.05) is 6.92 Å².